The number of rotatable bonds is 9. The van der Waals surface area contributed by atoms with Crippen LogP contribution in [0.3, 0.4) is 0 Å². The molecule has 31 heavy (non-hydrogen) atoms. The minimum Gasteiger partial charge on any atom is -0.492 e. The van der Waals surface area contributed by atoms with Gasteiger partial charge < -0.3 is 18.9 Å². The van der Waals surface area contributed by atoms with Gasteiger partial charge in [-0.05, 0) is 43.3 Å². The number of thioether (sulfide) groups is 1. The van der Waals surface area contributed by atoms with Crippen LogP contribution in [0.2, 0.25) is 0 Å². The highest BCUT2D eigenvalue weighted by atomic mass is 32.2. The lowest BCUT2D eigenvalue weighted by molar-refractivity contribution is -0.115. The fraction of sp³-hybridized carbons (Fsp3) is 0.182. The van der Waals surface area contributed by atoms with Crippen LogP contribution in [0.5, 0.6) is 5.75 Å². The minimum absolute atomic E-state index is 0.119. The summed E-state index contributed by atoms with van der Waals surface area (Å²) in [6, 6.07) is 14.5. The second-order valence-corrected chi connectivity index (χ2v) is 7.38. The van der Waals surface area contributed by atoms with Crippen molar-refractivity contribution in [3.63, 3.8) is 0 Å². The molecule has 0 unspecified atom stereocenters. The molecule has 3 aromatic heterocycles. The third-order valence-electron chi connectivity index (χ3n) is 4.20. The van der Waals surface area contributed by atoms with Crippen LogP contribution in [-0.2, 0) is 4.79 Å². The highest BCUT2D eigenvalue weighted by Crippen LogP contribution is 2.30. The van der Waals surface area contributed by atoms with Gasteiger partial charge in [-0.2, -0.15) is 0 Å². The van der Waals surface area contributed by atoms with Gasteiger partial charge in [-0.15, -0.1) is 10.2 Å². The molecule has 0 atom stereocenters. The topological polar surface area (TPSA) is 103 Å². The molecule has 0 saturated heterocycles. The zero-order valence-electron chi connectivity index (χ0n) is 16.8. The van der Waals surface area contributed by atoms with Gasteiger partial charge in [0.1, 0.15) is 11.4 Å². The van der Waals surface area contributed by atoms with Crippen molar-refractivity contribution >= 4 is 23.4 Å². The number of carbonyl (C=O) groups excluding carboxylic acids is 1. The Morgan fingerprint density at radius 3 is 2.45 bits per heavy atom. The molecule has 0 aliphatic heterocycles. The summed E-state index contributed by atoms with van der Waals surface area (Å²) in [5.74, 6) is 2.13. The molecule has 158 valence electrons. The number of nitrogens with zero attached hydrogens (tertiary/aromatic N) is 3. The number of anilines is 1. The second kappa shape index (κ2) is 9.94. The molecule has 4 rings (SSSR count). The van der Waals surface area contributed by atoms with Crippen molar-refractivity contribution in [3.05, 3.63) is 61.1 Å². The van der Waals surface area contributed by atoms with Crippen LogP contribution < -0.4 is 10.1 Å². The number of ether oxygens (including phenoxy) is 1. The first-order chi connectivity index (χ1) is 15.2. The van der Waals surface area contributed by atoms with Gasteiger partial charge in [-0.3, -0.25) is 4.79 Å². The largest absolute Gasteiger partial charge is 0.492 e. The van der Waals surface area contributed by atoms with Crippen LogP contribution in [0.25, 0.3) is 22.9 Å². The monoisotopic (exact) mass is 436 g/mol. The molecule has 9 heteroatoms. The van der Waals surface area contributed by atoms with Gasteiger partial charge in [-0.25, -0.2) is 4.98 Å². The Balaban J connectivity index is 1.41. The summed E-state index contributed by atoms with van der Waals surface area (Å²) < 4.78 is 16.5. The van der Waals surface area contributed by atoms with Gasteiger partial charge in [-0.1, -0.05) is 23.9 Å². The number of benzene rings is 1. The van der Waals surface area contributed by atoms with E-state index >= 15 is 0 Å². The average molecular weight is 436 g/mol. The lowest BCUT2D eigenvalue weighted by Gasteiger charge is -2.11. The Labute approximate surface area is 183 Å². The molecule has 0 radical (unpaired) electrons. The average Bonchev–Trinajstić information content (AvgIpc) is 3.50. The van der Waals surface area contributed by atoms with E-state index in [4.69, 9.17) is 13.6 Å². The van der Waals surface area contributed by atoms with Gasteiger partial charge in [0.05, 0.1) is 24.8 Å². The highest BCUT2D eigenvalue weighted by molar-refractivity contribution is 7.99. The lowest BCUT2D eigenvalue weighted by atomic mass is 10.2. The van der Waals surface area contributed by atoms with Crippen LogP contribution >= 0.6 is 11.8 Å². The molecule has 3 heterocycles. The molecular formula is C22H20N4O4S. The van der Waals surface area contributed by atoms with Crippen molar-refractivity contribution in [2.45, 2.75) is 18.5 Å². The fourth-order valence-corrected chi connectivity index (χ4v) is 3.56. The molecule has 0 fully saturated rings. The van der Waals surface area contributed by atoms with Crippen LogP contribution in [-0.4, -0.2) is 33.4 Å². The molecule has 0 aliphatic carbocycles. The van der Waals surface area contributed by atoms with Crippen molar-refractivity contribution in [1.82, 2.24) is 15.2 Å². The van der Waals surface area contributed by atoms with Crippen LogP contribution in [0.1, 0.15) is 13.3 Å². The third-order valence-corrected chi connectivity index (χ3v) is 5.04. The Morgan fingerprint density at radius 2 is 1.74 bits per heavy atom. The lowest BCUT2D eigenvalue weighted by Crippen LogP contribution is -2.13. The maximum Gasteiger partial charge on any atom is 0.225 e. The summed E-state index contributed by atoms with van der Waals surface area (Å²) in [4.78, 5) is 16.9. The van der Waals surface area contributed by atoms with E-state index in [-0.39, 0.29) is 12.3 Å². The number of carbonyl (C=O) groups is 1. The van der Waals surface area contributed by atoms with Gasteiger partial charge >= 0.3 is 0 Å². The number of furan rings is 2. The number of para-hydroxylation sites is 2. The Hall–Kier alpha value is -3.59. The first-order valence-electron chi connectivity index (χ1n) is 9.71. The zero-order chi connectivity index (χ0) is 21.5. The van der Waals surface area contributed by atoms with Crippen LogP contribution in [0, 0.1) is 0 Å². The van der Waals surface area contributed by atoms with E-state index in [1.54, 1.807) is 36.8 Å². The van der Waals surface area contributed by atoms with Crippen LogP contribution in [0.4, 0.5) is 5.69 Å². The maximum absolute atomic E-state index is 12.4. The number of nitrogens with one attached hydrogen (secondary N) is 1. The van der Waals surface area contributed by atoms with Crippen molar-refractivity contribution < 1.29 is 18.4 Å². The molecule has 1 N–H and O–H groups in total. The highest BCUT2D eigenvalue weighted by Gasteiger charge is 2.18. The van der Waals surface area contributed by atoms with Crippen molar-refractivity contribution in [2.75, 3.05) is 17.7 Å². The van der Waals surface area contributed by atoms with Crippen molar-refractivity contribution in [2.24, 2.45) is 0 Å². The van der Waals surface area contributed by atoms with E-state index < -0.39 is 0 Å². The van der Waals surface area contributed by atoms with Crippen LogP contribution in [0.15, 0.2) is 75.0 Å². The van der Waals surface area contributed by atoms with E-state index in [1.165, 1.54) is 11.8 Å². The summed E-state index contributed by atoms with van der Waals surface area (Å²) in [7, 11) is 0. The van der Waals surface area contributed by atoms with Gasteiger partial charge in [0, 0.05) is 12.2 Å². The first kappa shape index (κ1) is 20.7. The Kier molecular flexibility index (Phi) is 6.63. The molecule has 1 aromatic carbocycles. The molecule has 0 bridgehead atoms. The summed E-state index contributed by atoms with van der Waals surface area (Å²) in [6.07, 6.45) is 3.42. The Morgan fingerprint density at radius 1 is 1.00 bits per heavy atom. The maximum atomic E-state index is 12.4. The Bertz CT molecular complexity index is 1130. The van der Waals surface area contributed by atoms with E-state index in [1.807, 2.05) is 31.2 Å². The van der Waals surface area contributed by atoms with E-state index in [9.17, 15) is 4.79 Å². The molecule has 0 aliphatic rings. The summed E-state index contributed by atoms with van der Waals surface area (Å²) in [5, 5.41) is 11.8. The fourth-order valence-electron chi connectivity index (χ4n) is 2.84. The third kappa shape index (κ3) is 5.13. The van der Waals surface area contributed by atoms with Gasteiger partial charge in [0.25, 0.3) is 0 Å². The van der Waals surface area contributed by atoms with E-state index in [0.29, 0.717) is 51.9 Å². The smallest absolute Gasteiger partial charge is 0.225 e. The van der Waals surface area contributed by atoms with Gasteiger partial charge in [0.15, 0.2) is 17.2 Å². The predicted molar refractivity (Wildman–Crippen MR) is 117 cm³/mol. The molecule has 0 saturated carbocycles. The molecule has 4 aromatic rings. The second-order valence-electron chi connectivity index (χ2n) is 6.32. The first-order valence-corrected chi connectivity index (χ1v) is 10.7. The molecule has 1 amide bonds. The molecular weight excluding hydrogens is 416 g/mol. The van der Waals surface area contributed by atoms with Crippen molar-refractivity contribution in [1.29, 1.82) is 0 Å². The predicted octanol–water partition coefficient (Wildman–Crippen LogP) is 4.91. The minimum atomic E-state index is -0.119. The molecule has 8 nitrogen and oxygen atoms in total. The zero-order valence-corrected chi connectivity index (χ0v) is 17.6. The SMILES string of the molecule is CCOc1ccccc1NC(=O)CCSc1nnc(-c2ccco2)c(-c2ccco2)n1. The number of aromatic nitrogens is 3. The summed E-state index contributed by atoms with van der Waals surface area (Å²) in [6.45, 7) is 2.43. The quantitative estimate of drug-likeness (QED) is 0.369. The standard InChI is InChI=1S/C22H20N4O4S/c1-2-28-16-8-4-3-7-15(16)23-19(27)11-14-31-22-24-20(17-9-5-12-29-17)21(25-26-22)18-10-6-13-30-18/h3-10,12-13H,2,11,14H2,1H3,(H,23,27). The number of amides is 1. The number of hydrogen-bond acceptors (Lipinski definition) is 8. The normalized spacial score (nSPS) is 10.7. The van der Waals surface area contributed by atoms with Gasteiger partial charge in [0.2, 0.25) is 11.1 Å². The number of hydrogen-bond donors (Lipinski definition) is 1. The van der Waals surface area contributed by atoms with E-state index in [0.717, 1.165) is 0 Å². The van der Waals surface area contributed by atoms with E-state index in [2.05, 4.69) is 20.5 Å². The summed E-state index contributed by atoms with van der Waals surface area (Å²) >= 11 is 1.34. The summed E-state index contributed by atoms with van der Waals surface area (Å²) in [5.41, 5.74) is 1.68. The molecule has 0 spiro atoms. The van der Waals surface area contributed by atoms with Crippen molar-refractivity contribution in [3.8, 4) is 28.7 Å².